The SMILES string of the molecule is Cc1ccc(C[NH2+]Cc2cccc(Cl)c2Cl)cc1. The van der Waals surface area contributed by atoms with Crippen molar-refractivity contribution in [2.45, 2.75) is 20.0 Å². The zero-order valence-electron chi connectivity index (χ0n) is 10.3. The first kappa shape index (κ1) is 13.4. The Bertz CT molecular complexity index is 521. The maximum atomic E-state index is 6.14. The molecule has 0 saturated carbocycles. The lowest BCUT2D eigenvalue weighted by Crippen LogP contribution is -2.80. The number of halogens is 2. The van der Waals surface area contributed by atoms with Crippen LogP contribution >= 0.6 is 23.2 Å². The molecule has 0 spiro atoms. The molecule has 0 atom stereocenters. The van der Waals surface area contributed by atoms with Crippen LogP contribution in [0.4, 0.5) is 0 Å². The van der Waals surface area contributed by atoms with Crippen LogP contribution in [0.2, 0.25) is 10.0 Å². The molecule has 94 valence electrons. The van der Waals surface area contributed by atoms with Crippen molar-refractivity contribution in [1.82, 2.24) is 0 Å². The van der Waals surface area contributed by atoms with Crippen LogP contribution in [-0.2, 0) is 13.1 Å². The predicted molar refractivity (Wildman–Crippen MR) is 77.0 cm³/mol. The van der Waals surface area contributed by atoms with E-state index in [1.165, 1.54) is 11.1 Å². The molecule has 2 rings (SSSR count). The third-order valence-corrected chi connectivity index (χ3v) is 3.75. The van der Waals surface area contributed by atoms with Crippen molar-refractivity contribution in [3.8, 4) is 0 Å². The maximum absolute atomic E-state index is 6.14. The molecule has 0 aliphatic heterocycles. The van der Waals surface area contributed by atoms with Gasteiger partial charge in [0.25, 0.3) is 0 Å². The average molecular weight is 281 g/mol. The predicted octanol–water partition coefficient (Wildman–Crippen LogP) is 3.57. The van der Waals surface area contributed by atoms with E-state index in [9.17, 15) is 0 Å². The first-order valence-electron chi connectivity index (χ1n) is 5.97. The lowest BCUT2D eigenvalue weighted by atomic mass is 10.1. The summed E-state index contributed by atoms with van der Waals surface area (Å²) in [5.74, 6) is 0. The van der Waals surface area contributed by atoms with Crippen LogP contribution in [0.1, 0.15) is 16.7 Å². The van der Waals surface area contributed by atoms with Crippen molar-refractivity contribution in [3.63, 3.8) is 0 Å². The lowest BCUT2D eigenvalue weighted by molar-refractivity contribution is -0.686. The molecule has 2 N–H and O–H groups in total. The van der Waals surface area contributed by atoms with Crippen LogP contribution in [0.15, 0.2) is 42.5 Å². The van der Waals surface area contributed by atoms with E-state index in [0.29, 0.717) is 10.0 Å². The van der Waals surface area contributed by atoms with Crippen LogP contribution in [0.3, 0.4) is 0 Å². The number of aryl methyl sites for hydroxylation is 1. The Morgan fingerprint density at radius 1 is 0.944 bits per heavy atom. The second-order valence-corrected chi connectivity index (χ2v) is 5.18. The van der Waals surface area contributed by atoms with Gasteiger partial charge < -0.3 is 5.32 Å². The van der Waals surface area contributed by atoms with Gasteiger partial charge in [0.05, 0.1) is 10.0 Å². The number of hydrogen-bond acceptors (Lipinski definition) is 0. The summed E-state index contributed by atoms with van der Waals surface area (Å²) in [6.45, 7) is 3.88. The first-order valence-corrected chi connectivity index (χ1v) is 6.72. The summed E-state index contributed by atoms with van der Waals surface area (Å²) in [5.41, 5.74) is 3.69. The number of quaternary nitrogens is 1. The Morgan fingerprint density at radius 2 is 1.67 bits per heavy atom. The van der Waals surface area contributed by atoms with Crippen molar-refractivity contribution in [2.75, 3.05) is 0 Å². The van der Waals surface area contributed by atoms with Crippen LogP contribution < -0.4 is 5.32 Å². The fraction of sp³-hybridized carbons (Fsp3) is 0.200. The van der Waals surface area contributed by atoms with Gasteiger partial charge in [-0.05, 0) is 13.0 Å². The molecule has 0 bridgehead atoms. The highest BCUT2D eigenvalue weighted by Gasteiger charge is 2.05. The molecule has 18 heavy (non-hydrogen) atoms. The van der Waals surface area contributed by atoms with E-state index >= 15 is 0 Å². The Hall–Kier alpha value is -1.02. The fourth-order valence-corrected chi connectivity index (χ4v) is 2.22. The zero-order chi connectivity index (χ0) is 13.0. The Labute approximate surface area is 118 Å². The molecule has 0 saturated heterocycles. The second-order valence-electron chi connectivity index (χ2n) is 4.40. The van der Waals surface area contributed by atoms with Crippen molar-refractivity contribution < 1.29 is 5.32 Å². The molecule has 0 unspecified atom stereocenters. The van der Waals surface area contributed by atoms with Gasteiger partial charge in [-0.25, -0.2) is 0 Å². The van der Waals surface area contributed by atoms with Crippen LogP contribution in [0, 0.1) is 6.92 Å². The monoisotopic (exact) mass is 280 g/mol. The molecule has 0 fully saturated rings. The molecule has 2 aromatic carbocycles. The standard InChI is InChI=1S/C15H15Cl2N/c1-11-5-7-12(8-6-11)9-18-10-13-3-2-4-14(16)15(13)17/h2-8,18H,9-10H2,1H3/p+1. The van der Waals surface area contributed by atoms with E-state index in [1.54, 1.807) is 0 Å². The summed E-state index contributed by atoms with van der Waals surface area (Å²) in [5, 5.41) is 3.51. The van der Waals surface area contributed by atoms with E-state index in [2.05, 4.69) is 36.5 Å². The Morgan fingerprint density at radius 3 is 2.39 bits per heavy atom. The molecule has 2 aromatic rings. The van der Waals surface area contributed by atoms with E-state index in [0.717, 1.165) is 18.7 Å². The molecule has 0 aliphatic carbocycles. The average Bonchev–Trinajstić information content (AvgIpc) is 2.37. The molecule has 0 aliphatic rings. The van der Waals surface area contributed by atoms with Gasteiger partial charge in [-0.3, -0.25) is 0 Å². The summed E-state index contributed by atoms with van der Waals surface area (Å²) in [6.07, 6.45) is 0. The quantitative estimate of drug-likeness (QED) is 0.882. The minimum Gasteiger partial charge on any atom is -0.339 e. The van der Waals surface area contributed by atoms with Gasteiger partial charge in [0, 0.05) is 11.1 Å². The number of benzene rings is 2. The fourth-order valence-electron chi connectivity index (χ4n) is 1.82. The lowest BCUT2D eigenvalue weighted by Gasteiger charge is -2.05. The molecule has 1 nitrogen and oxygen atoms in total. The summed E-state index contributed by atoms with van der Waals surface area (Å²) in [4.78, 5) is 0. The smallest absolute Gasteiger partial charge is 0.103 e. The summed E-state index contributed by atoms with van der Waals surface area (Å²) in [7, 11) is 0. The minimum atomic E-state index is 0.623. The van der Waals surface area contributed by atoms with E-state index in [-0.39, 0.29) is 0 Å². The largest absolute Gasteiger partial charge is 0.339 e. The second kappa shape index (κ2) is 6.24. The first-order chi connectivity index (χ1) is 8.66. The van der Waals surface area contributed by atoms with Gasteiger partial charge in [-0.1, -0.05) is 65.2 Å². The molecule has 3 heteroatoms. The van der Waals surface area contributed by atoms with Gasteiger partial charge in [0.15, 0.2) is 0 Å². The zero-order valence-corrected chi connectivity index (χ0v) is 11.8. The van der Waals surface area contributed by atoms with Gasteiger partial charge in [-0.2, -0.15) is 0 Å². The van der Waals surface area contributed by atoms with E-state index in [1.807, 2.05) is 18.2 Å². The Balaban J connectivity index is 1.92. The highest BCUT2D eigenvalue weighted by molar-refractivity contribution is 6.42. The molecule has 0 amide bonds. The molecule has 0 aromatic heterocycles. The highest BCUT2D eigenvalue weighted by Crippen LogP contribution is 2.24. The third kappa shape index (κ3) is 3.49. The van der Waals surface area contributed by atoms with Crippen molar-refractivity contribution in [3.05, 3.63) is 69.2 Å². The van der Waals surface area contributed by atoms with Crippen LogP contribution in [-0.4, -0.2) is 0 Å². The summed E-state index contributed by atoms with van der Waals surface area (Å²) in [6, 6.07) is 14.3. The van der Waals surface area contributed by atoms with Gasteiger partial charge in [0.2, 0.25) is 0 Å². The van der Waals surface area contributed by atoms with E-state index in [4.69, 9.17) is 23.2 Å². The normalized spacial score (nSPS) is 10.6. The topological polar surface area (TPSA) is 16.6 Å². The molecular weight excluding hydrogens is 265 g/mol. The highest BCUT2D eigenvalue weighted by atomic mass is 35.5. The minimum absolute atomic E-state index is 0.623. The van der Waals surface area contributed by atoms with Crippen LogP contribution in [0.5, 0.6) is 0 Å². The Kier molecular flexibility index (Phi) is 4.65. The van der Waals surface area contributed by atoms with Gasteiger partial charge in [-0.15, -0.1) is 0 Å². The molecule has 0 radical (unpaired) electrons. The molecule has 0 heterocycles. The third-order valence-electron chi connectivity index (χ3n) is 2.90. The summed E-state index contributed by atoms with van der Waals surface area (Å²) < 4.78 is 0. The van der Waals surface area contributed by atoms with Crippen molar-refractivity contribution in [2.24, 2.45) is 0 Å². The molecular formula is C15H16Cl2N+. The number of rotatable bonds is 4. The number of hydrogen-bond donors (Lipinski definition) is 1. The van der Waals surface area contributed by atoms with Crippen molar-refractivity contribution >= 4 is 23.2 Å². The maximum Gasteiger partial charge on any atom is 0.103 e. The van der Waals surface area contributed by atoms with Crippen LogP contribution in [0.25, 0.3) is 0 Å². The van der Waals surface area contributed by atoms with Gasteiger partial charge in [0.1, 0.15) is 13.1 Å². The number of nitrogens with two attached hydrogens (primary N) is 1. The van der Waals surface area contributed by atoms with Gasteiger partial charge >= 0.3 is 0 Å². The van der Waals surface area contributed by atoms with Crippen molar-refractivity contribution in [1.29, 1.82) is 0 Å². The van der Waals surface area contributed by atoms with E-state index < -0.39 is 0 Å². The summed E-state index contributed by atoms with van der Waals surface area (Å²) >= 11 is 12.1.